The van der Waals surface area contributed by atoms with Crippen LogP contribution < -0.4 is 5.73 Å². The molecular weight excluding hydrogens is 212 g/mol. The molecule has 1 aromatic carbocycles. The second kappa shape index (κ2) is 6.15. The average Bonchev–Trinajstić information content (AvgIpc) is 2.84. The van der Waals surface area contributed by atoms with Gasteiger partial charge >= 0.3 is 0 Å². The van der Waals surface area contributed by atoms with E-state index in [0.717, 1.165) is 19.4 Å². The fourth-order valence-electron chi connectivity index (χ4n) is 1.78. The fraction of sp³-hybridized carbons (Fsp3) is 0.385. The van der Waals surface area contributed by atoms with Crippen LogP contribution in [0.5, 0.6) is 0 Å². The Morgan fingerprint density at radius 2 is 1.94 bits per heavy atom. The summed E-state index contributed by atoms with van der Waals surface area (Å²) < 4.78 is 1.87. The molecule has 0 spiro atoms. The highest BCUT2D eigenvalue weighted by atomic mass is 15.3. The van der Waals surface area contributed by atoms with E-state index in [1.54, 1.807) is 6.33 Å². The Labute approximate surface area is 101 Å². The summed E-state index contributed by atoms with van der Waals surface area (Å²) in [4.78, 5) is 4.10. The minimum atomic E-state index is 0.414. The van der Waals surface area contributed by atoms with Crippen LogP contribution in [0.4, 0.5) is 0 Å². The first kappa shape index (κ1) is 11.8. The molecular formula is C13H18N4. The van der Waals surface area contributed by atoms with Gasteiger partial charge in [-0.1, -0.05) is 30.3 Å². The molecule has 4 heteroatoms. The predicted molar refractivity (Wildman–Crippen MR) is 67.3 cm³/mol. The molecule has 2 N–H and O–H groups in total. The molecule has 0 amide bonds. The maximum Gasteiger partial charge on any atom is 0.164 e. The van der Waals surface area contributed by atoms with Gasteiger partial charge in [0.2, 0.25) is 0 Å². The van der Waals surface area contributed by atoms with Crippen LogP contribution >= 0.6 is 0 Å². The molecule has 0 atom stereocenters. The van der Waals surface area contributed by atoms with Crippen molar-refractivity contribution < 1.29 is 0 Å². The lowest BCUT2D eigenvalue weighted by Crippen LogP contribution is -2.03. The summed E-state index contributed by atoms with van der Waals surface area (Å²) in [6.07, 6.45) is 5.16. The first-order chi connectivity index (χ1) is 8.38. The second-order valence-corrected chi connectivity index (χ2v) is 4.07. The lowest BCUT2D eigenvalue weighted by Gasteiger charge is -2.01. The fourth-order valence-corrected chi connectivity index (χ4v) is 1.78. The Bertz CT molecular complexity index is 436. The molecule has 0 bridgehead atoms. The summed E-state index contributed by atoms with van der Waals surface area (Å²) in [5.74, 6) is 0.716. The molecule has 0 saturated carbocycles. The standard InChI is InChI=1S/C13H18N4/c14-10-13-15-11-17(16-13)9-5-4-8-12-6-2-1-3-7-12/h1-3,6-7,11H,4-5,8-10,14H2. The number of rotatable bonds is 6. The van der Waals surface area contributed by atoms with Crippen LogP contribution in [0, 0.1) is 0 Å². The van der Waals surface area contributed by atoms with E-state index in [-0.39, 0.29) is 0 Å². The zero-order chi connectivity index (χ0) is 11.9. The summed E-state index contributed by atoms with van der Waals surface area (Å²) in [5, 5.41) is 4.25. The molecule has 0 radical (unpaired) electrons. The lowest BCUT2D eigenvalue weighted by atomic mass is 10.1. The molecule has 2 rings (SSSR count). The van der Waals surface area contributed by atoms with Gasteiger partial charge in [-0.05, 0) is 24.8 Å². The molecule has 90 valence electrons. The molecule has 0 aliphatic heterocycles. The molecule has 4 nitrogen and oxygen atoms in total. The summed E-state index contributed by atoms with van der Waals surface area (Å²) in [6.45, 7) is 1.33. The highest BCUT2D eigenvalue weighted by Crippen LogP contribution is 2.05. The molecule has 1 heterocycles. The van der Waals surface area contributed by atoms with Crippen molar-refractivity contribution in [2.45, 2.75) is 32.4 Å². The minimum Gasteiger partial charge on any atom is -0.324 e. The Hall–Kier alpha value is -1.68. The van der Waals surface area contributed by atoms with Crippen molar-refractivity contribution in [3.8, 4) is 0 Å². The van der Waals surface area contributed by atoms with Gasteiger partial charge in [-0.3, -0.25) is 4.68 Å². The smallest absolute Gasteiger partial charge is 0.164 e. The number of hydrogen-bond donors (Lipinski definition) is 1. The van der Waals surface area contributed by atoms with Crippen LogP contribution in [0.25, 0.3) is 0 Å². The zero-order valence-corrected chi connectivity index (χ0v) is 9.92. The van der Waals surface area contributed by atoms with Crippen molar-refractivity contribution >= 4 is 0 Å². The molecule has 0 aliphatic rings. The number of unbranched alkanes of at least 4 members (excludes halogenated alkanes) is 1. The minimum absolute atomic E-state index is 0.414. The molecule has 0 fully saturated rings. The maximum absolute atomic E-state index is 5.46. The van der Waals surface area contributed by atoms with Crippen molar-refractivity contribution in [3.63, 3.8) is 0 Å². The van der Waals surface area contributed by atoms with Crippen LogP contribution in [-0.4, -0.2) is 14.8 Å². The van der Waals surface area contributed by atoms with E-state index in [9.17, 15) is 0 Å². The van der Waals surface area contributed by atoms with Crippen molar-refractivity contribution in [1.29, 1.82) is 0 Å². The van der Waals surface area contributed by atoms with E-state index in [4.69, 9.17) is 5.73 Å². The normalized spacial score (nSPS) is 10.6. The molecule has 0 unspecified atom stereocenters. The van der Waals surface area contributed by atoms with Crippen LogP contribution in [-0.2, 0) is 19.5 Å². The van der Waals surface area contributed by atoms with Gasteiger partial charge in [-0.2, -0.15) is 5.10 Å². The Morgan fingerprint density at radius 3 is 2.65 bits per heavy atom. The number of hydrogen-bond acceptors (Lipinski definition) is 3. The zero-order valence-electron chi connectivity index (χ0n) is 9.92. The van der Waals surface area contributed by atoms with E-state index in [2.05, 4.69) is 34.3 Å². The van der Waals surface area contributed by atoms with Gasteiger partial charge in [0.05, 0.1) is 6.54 Å². The number of benzene rings is 1. The van der Waals surface area contributed by atoms with Crippen molar-refractivity contribution in [2.24, 2.45) is 5.73 Å². The number of nitrogens with zero attached hydrogens (tertiary/aromatic N) is 3. The molecule has 17 heavy (non-hydrogen) atoms. The van der Waals surface area contributed by atoms with E-state index in [0.29, 0.717) is 12.4 Å². The molecule has 2 aromatic rings. The first-order valence-corrected chi connectivity index (χ1v) is 6.01. The predicted octanol–water partition coefficient (Wildman–Crippen LogP) is 1.76. The third-order valence-electron chi connectivity index (χ3n) is 2.71. The molecule has 1 aromatic heterocycles. The van der Waals surface area contributed by atoms with Crippen molar-refractivity contribution in [2.75, 3.05) is 0 Å². The van der Waals surface area contributed by atoms with Gasteiger partial charge in [0, 0.05) is 6.54 Å². The van der Waals surface area contributed by atoms with E-state index in [1.165, 1.54) is 12.0 Å². The number of aryl methyl sites for hydroxylation is 2. The van der Waals surface area contributed by atoms with Crippen LogP contribution in [0.3, 0.4) is 0 Å². The summed E-state index contributed by atoms with van der Waals surface area (Å²) >= 11 is 0. The third-order valence-corrected chi connectivity index (χ3v) is 2.71. The largest absolute Gasteiger partial charge is 0.324 e. The number of nitrogens with two attached hydrogens (primary N) is 1. The SMILES string of the molecule is NCc1ncn(CCCCc2ccccc2)n1. The van der Waals surface area contributed by atoms with E-state index in [1.807, 2.05) is 10.7 Å². The lowest BCUT2D eigenvalue weighted by molar-refractivity contribution is 0.552. The average molecular weight is 230 g/mol. The van der Waals surface area contributed by atoms with Crippen LogP contribution in [0.15, 0.2) is 36.7 Å². The van der Waals surface area contributed by atoms with Crippen LogP contribution in [0.1, 0.15) is 24.2 Å². The molecule has 0 aliphatic carbocycles. The van der Waals surface area contributed by atoms with E-state index >= 15 is 0 Å². The number of aromatic nitrogens is 3. The van der Waals surface area contributed by atoms with Gasteiger partial charge in [0.15, 0.2) is 5.82 Å². The molecule has 0 saturated heterocycles. The van der Waals surface area contributed by atoms with Crippen LogP contribution in [0.2, 0.25) is 0 Å². The van der Waals surface area contributed by atoms with Crippen molar-refractivity contribution in [1.82, 2.24) is 14.8 Å². The Morgan fingerprint density at radius 1 is 1.12 bits per heavy atom. The summed E-state index contributed by atoms with van der Waals surface area (Å²) in [6, 6.07) is 10.6. The van der Waals surface area contributed by atoms with Gasteiger partial charge in [0.1, 0.15) is 6.33 Å². The Balaban J connectivity index is 1.69. The second-order valence-electron chi connectivity index (χ2n) is 4.07. The summed E-state index contributed by atoms with van der Waals surface area (Å²) in [7, 11) is 0. The third kappa shape index (κ3) is 3.67. The maximum atomic E-state index is 5.46. The van der Waals surface area contributed by atoms with Gasteiger partial charge in [-0.15, -0.1) is 0 Å². The van der Waals surface area contributed by atoms with E-state index < -0.39 is 0 Å². The monoisotopic (exact) mass is 230 g/mol. The van der Waals surface area contributed by atoms with Gasteiger partial charge in [0.25, 0.3) is 0 Å². The quantitative estimate of drug-likeness (QED) is 0.769. The van der Waals surface area contributed by atoms with Gasteiger partial charge < -0.3 is 5.73 Å². The topological polar surface area (TPSA) is 56.7 Å². The van der Waals surface area contributed by atoms with Gasteiger partial charge in [-0.25, -0.2) is 4.98 Å². The highest BCUT2D eigenvalue weighted by Gasteiger charge is 1.98. The Kier molecular flexibility index (Phi) is 4.27. The summed E-state index contributed by atoms with van der Waals surface area (Å²) in [5.41, 5.74) is 6.85. The highest BCUT2D eigenvalue weighted by molar-refractivity contribution is 5.14. The first-order valence-electron chi connectivity index (χ1n) is 6.01. The van der Waals surface area contributed by atoms with Crippen molar-refractivity contribution in [3.05, 3.63) is 48.0 Å².